The van der Waals surface area contributed by atoms with Crippen LogP contribution in [0.15, 0.2) is 54.6 Å². The number of benzene rings is 2. The molecule has 7 heteroatoms. The molecule has 2 heterocycles. The average Bonchev–Trinajstić information content (AvgIpc) is 3.30. The Morgan fingerprint density at radius 1 is 1.04 bits per heavy atom. The number of rotatable bonds is 5. The van der Waals surface area contributed by atoms with Crippen molar-refractivity contribution in [2.45, 2.75) is 6.92 Å². The summed E-state index contributed by atoms with van der Waals surface area (Å²) in [4.78, 5) is 31.4. The van der Waals surface area contributed by atoms with Gasteiger partial charge in [0.1, 0.15) is 4.88 Å². The molecule has 0 aliphatic rings. The zero-order valence-electron chi connectivity index (χ0n) is 14.5. The van der Waals surface area contributed by atoms with E-state index in [0.29, 0.717) is 16.6 Å². The maximum atomic E-state index is 12.6. The Labute approximate surface area is 163 Å². The van der Waals surface area contributed by atoms with E-state index in [-0.39, 0.29) is 12.5 Å². The van der Waals surface area contributed by atoms with Gasteiger partial charge in [-0.3, -0.25) is 9.69 Å². The van der Waals surface area contributed by atoms with Crippen molar-refractivity contribution in [1.82, 2.24) is 4.98 Å². The third kappa shape index (κ3) is 3.56. The van der Waals surface area contributed by atoms with Gasteiger partial charge in [0.25, 0.3) is 5.91 Å². The number of thiazole rings is 1. The van der Waals surface area contributed by atoms with Gasteiger partial charge in [0, 0.05) is 11.2 Å². The third-order valence-electron chi connectivity index (χ3n) is 4.08. The van der Waals surface area contributed by atoms with E-state index in [9.17, 15) is 9.59 Å². The van der Waals surface area contributed by atoms with Gasteiger partial charge in [0.2, 0.25) is 0 Å². The summed E-state index contributed by atoms with van der Waals surface area (Å²) in [5, 5.41) is 1.60. The molecule has 0 saturated carbocycles. The fourth-order valence-electron chi connectivity index (χ4n) is 2.75. The molecule has 27 heavy (non-hydrogen) atoms. The molecule has 0 spiro atoms. The molecule has 5 nitrogen and oxygen atoms in total. The van der Waals surface area contributed by atoms with Crippen molar-refractivity contribution in [2.24, 2.45) is 0 Å². The van der Waals surface area contributed by atoms with Crippen LogP contribution in [-0.4, -0.2) is 30.0 Å². The van der Waals surface area contributed by atoms with Crippen LogP contribution in [-0.2, 0) is 9.53 Å². The van der Waals surface area contributed by atoms with Crippen LogP contribution < -0.4 is 4.90 Å². The number of fused-ring (bicyclic) bond motifs is 2. The molecular formula is C20H16N2O3S2. The average molecular weight is 396 g/mol. The number of esters is 1. The fraction of sp³-hybridized carbons (Fsp3) is 0.150. The van der Waals surface area contributed by atoms with E-state index >= 15 is 0 Å². The van der Waals surface area contributed by atoms with Crippen molar-refractivity contribution in [1.29, 1.82) is 0 Å². The fourth-order valence-corrected chi connectivity index (χ4v) is 4.76. The van der Waals surface area contributed by atoms with Gasteiger partial charge in [-0.1, -0.05) is 41.7 Å². The molecule has 136 valence electrons. The lowest BCUT2D eigenvalue weighted by Gasteiger charge is -2.17. The van der Waals surface area contributed by atoms with Crippen molar-refractivity contribution in [3.05, 3.63) is 59.5 Å². The minimum absolute atomic E-state index is 0.286. The van der Waals surface area contributed by atoms with Crippen LogP contribution in [0.5, 0.6) is 0 Å². The van der Waals surface area contributed by atoms with Crippen LogP contribution in [0.2, 0.25) is 0 Å². The quantitative estimate of drug-likeness (QED) is 0.458. The first kappa shape index (κ1) is 17.6. The lowest BCUT2D eigenvalue weighted by molar-refractivity contribution is -0.121. The van der Waals surface area contributed by atoms with Gasteiger partial charge in [-0.05, 0) is 36.6 Å². The molecule has 0 N–H and O–H groups in total. The van der Waals surface area contributed by atoms with E-state index in [2.05, 4.69) is 4.98 Å². The standard InChI is InChI=1S/C20H16N2O3S2/c1-2-22(20-21-14-8-4-6-10-16(14)27-20)18(23)12-25-19(24)17-11-13-7-3-5-9-15(13)26-17/h3-11H,2,12H2,1H3. The lowest BCUT2D eigenvalue weighted by Crippen LogP contribution is -2.34. The summed E-state index contributed by atoms with van der Waals surface area (Å²) in [5.74, 6) is -0.768. The summed E-state index contributed by atoms with van der Waals surface area (Å²) in [7, 11) is 0. The van der Waals surface area contributed by atoms with Crippen LogP contribution in [0.3, 0.4) is 0 Å². The van der Waals surface area contributed by atoms with E-state index in [4.69, 9.17) is 4.74 Å². The number of amides is 1. The van der Waals surface area contributed by atoms with Crippen LogP contribution >= 0.6 is 22.7 Å². The summed E-state index contributed by atoms with van der Waals surface area (Å²) >= 11 is 2.81. The number of aromatic nitrogens is 1. The predicted molar refractivity (Wildman–Crippen MR) is 110 cm³/mol. The minimum atomic E-state index is -0.482. The zero-order chi connectivity index (χ0) is 18.8. The number of para-hydroxylation sites is 1. The summed E-state index contributed by atoms with van der Waals surface area (Å²) in [5.41, 5.74) is 0.853. The van der Waals surface area contributed by atoms with Crippen LogP contribution in [0.1, 0.15) is 16.6 Å². The highest BCUT2D eigenvalue weighted by molar-refractivity contribution is 7.22. The monoisotopic (exact) mass is 396 g/mol. The molecule has 0 atom stereocenters. The van der Waals surface area contributed by atoms with Gasteiger partial charge in [0.05, 0.1) is 10.2 Å². The second-order valence-electron chi connectivity index (χ2n) is 5.83. The number of ether oxygens (including phenoxy) is 1. The Morgan fingerprint density at radius 3 is 2.52 bits per heavy atom. The highest BCUT2D eigenvalue weighted by Crippen LogP contribution is 2.29. The molecule has 0 fully saturated rings. The smallest absolute Gasteiger partial charge is 0.348 e. The Balaban J connectivity index is 1.46. The summed E-state index contributed by atoms with van der Waals surface area (Å²) < 4.78 is 7.28. The molecule has 1 amide bonds. The van der Waals surface area contributed by atoms with Crippen molar-refractivity contribution in [2.75, 3.05) is 18.1 Å². The second kappa shape index (κ2) is 7.46. The number of thiophene rings is 1. The normalized spacial score (nSPS) is 11.0. The topological polar surface area (TPSA) is 59.5 Å². The first-order valence-corrected chi connectivity index (χ1v) is 10.1. The summed E-state index contributed by atoms with van der Waals surface area (Å²) in [6, 6.07) is 17.3. The maximum absolute atomic E-state index is 12.6. The van der Waals surface area contributed by atoms with Crippen molar-refractivity contribution >= 4 is 60.0 Å². The summed E-state index contributed by atoms with van der Waals surface area (Å²) in [6.07, 6.45) is 0. The molecule has 2 aromatic carbocycles. The van der Waals surface area contributed by atoms with E-state index in [1.54, 1.807) is 11.0 Å². The molecule has 0 aliphatic carbocycles. The summed E-state index contributed by atoms with van der Waals surface area (Å²) in [6.45, 7) is 2.02. The molecule has 2 aromatic heterocycles. The SMILES string of the molecule is CCN(C(=O)COC(=O)c1cc2ccccc2s1)c1nc2ccccc2s1. The van der Waals surface area contributed by atoms with E-state index < -0.39 is 5.97 Å². The number of hydrogen-bond donors (Lipinski definition) is 0. The Bertz CT molecular complexity index is 1070. The maximum Gasteiger partial charge on any atom is 0.348 e. The van der Waals surface area contributed by atoms with Crippen LogP contribution in [0.25, 0.3) is 20.3 Å². The molecule has 0 radical (unpaired) electrons. The number of nitrogens with zero attached hydrogens (tertiary/aromatic N) is 2. The number of carbonyl (C=O) groups is 2. The lowest BCUT2D eigenvalue weighted by atomic mass is 10.2. The van der Waals surface area contributed by atoms with Gasteiger partial charge in [-0.15, -0.1) is 11.3 Å². The zero-order valence-corrected chi connectivity index (χ0v) is 16.2. The molecule has 4 aromatic rings. The second-order valence-corrected chi connectivity index (χ2v) is 7.92. The number of carbonyl (C=O) groups excluding carboxylic acids is 2. The minimum Gasteiger partial charge on any atom is -0.451 e. The first-order chi connectivity index (χ1) is 13.2. The first-order valence-electron chi connectivity index (χ1n) is 8.47. The molecule has 0 unspecified atom stereocenters. The molecule has 0 saturated heterocycles. The highest BCUT2D eigenvalue weighted by atomic mass is 32.1. The van der Waals surface area contributed by atoms with Crippen molar-refractivity contribution < 1.29 is 14.3 Å². The predicted octanol–water partition coefficient (Wildman–Crippen LogP) is 4.72. The van der Waals surface area contributed by atoms with Gasteiger partial charge in [0.15, 0.2) is 11.7 Å². The van der Waals surface area contributed by atoms with Gasteiger partial charge in [-0.25, -0.2) is 9.78 Å². The van der Waals surface area contributed by atoms with Gasteiger partial charge in [-0.2, -0.15) is 0 Å². The van der Waals surface area contributed by atoms with Gasteiger partial charge >= 0.3 is 5.97 Å². The number of likely N-dealkylation sites (N-methyl/N-ethyl adjacent to an activating group) is 1. The van der Waals surface area contributed by atoms with Crippen molar-refractivity contribution in [3.8, 4) is 0 Å². The number of anilines is 1. The third-order valence-corrected chi connectivity index (χ3v) is 6.24. The largest absolute Gasteiger partial charge is 0.451 e. The van der Waals surface area contributed by atoms with Gasteiger partial charge < -0.3 is 4.74 Å². The van der Waals surface area contributed by atoms with Crippen LogP contribution in [0, 0.1) is 0 Å². The van der Waals surface area contributed by atoms with Crippen molar-refractivity contribution in [3.63, 3.8) is 0 Å². The van der Waals surface area contributed by atoms with E-state index in [1.807, 2.05) is 55.5 Å². The molecule has 0 aliphatic heterocycles. The Kier molecular flexibility index (Phi) is 4.87. The number of hydrogen-bond acceptors (Lipinski definition) is 6. The highest BCUT2D eigenvalue weighted by Gasteiger charge is 2.20. The molecular weight excluding hydrogens is 380 g/mol. The molecule has 4 rings (SSSR count). The van der Waals surface area contributed by atoms with E-state index in [1.165, 1.54) is 22.7 Å². The Morgan fingerprint density at radius 2 is 1.78 bits per heavy atom. The van der Waals surface area contributed by atoms with Crippen LogP contribution in [0.4, 0.5) is 5.13 Å². The molecule has 0 bridgehead atoms. The van der Waals surface area contributed by atoms with E-state index in [0.717, 1.165) is 20.3 Å². The Hall–Kier alpha value is -2.77.